The van der Waals surface area contributed by atoms with Crippen molar-refractivity contribution in [2.24, 2.45) is 5.92 Å². The Kier molecular flexibility index (Phi) is 10.7. The maximum absolute atomic E-state index is 12.5. The predicted octanol–water partition coefficient (Wildman–Crippen LogP) is 3.63. The minimum absolute atomic E-state index is 0. The fourth-order valence-electron chi connectivity index (χ4n) is 4.26. The summed E-state index contributed by atoms with van der Waals surface area (Å²) >= 11 is 0. The fourth-order valence-corrected chi connectivity index (χ4v) is 4.26. The van der Waals surface area contributed by atoms with Crippen molar-refractivity contribution in [1.82, 2.24) is 15.2 Å². The van der Waals surface area contributed by atoms with E-state index in [0.717, 1.165) is 55.2 Å². The highest BCUT2D eigenvalue weighted by molar-refractivity contribution is 5.85. The molecule has 0 spiro atoms. The van der Waals surface area contributed by atoms with Gasteiger partial charge in [-0.2, -0.15) is 0 Å². The van der Waals surface area contributed by atoms with E-state index in [1.54, 1.807) is 27.5 Å². The van der Waals surface area contributed by atoms with Crippen LogP contribution in [0.25, 0.3) is 0 Å². The van der Waals surface area contributed by atoms with E-state index in [9.17, 15) is 4.79 Å². The zero-order chi connectivity index (χ0) is 22.1. The second kappa shape index (κ2) is 13.3. The van der Waals surface area contributed by atoms with Gasteiger partial charge >= 0.3 is 0 Å². The zero-order valence-corrected chi connectivity index (χ0v) is 19.9. The Bertz CT molecular complexity index is 837. The van der Waals surface area contributed by atoms with E-state index in [4.69, 9.17) is 14.2 Å². The highest BCUT2D eigenvalue weighted by Gasteiger charge is 2.30. The molecule has 7 nitrogen and oxygen atoms in total. The van der Waals surface area contributed by atoms with Crippen LogP contribution in [-0.2, 0) is 16.1 Å². The lowest BCUT2D eigenvalue weighted by molar-refractivity contribution is -0.123. The number of likely N-dealkylation sites (tertiary alicyclic amines) is 1. The summed E-state index contributed by atoms with van der Waals surface area (Å²) in [6, 6.07) is 11.7. The molecule has 2 atom stereocenters. The average Bonchev–Trinajstić information content (AvgIpc) is 2.81. The molecule has 8 heteroatoms. The topological polar surface area (TPSA) is 72.9 Å². The van der Waals surface area contributed by atoms with Gasteiger partial charge in [-0.1, -0.05) is 18.2 Å². The summed E-state index contributed by atoms with van der Waals surface area (Å²) < 4.78 is 16.1. The molecule has 2 unspecified atom stereocenters. The maximum Gasteiger partial charge on any atom is 0.222 e. The van der Waals surface area contributed by atoms with Gasteiger partial charge in [0.05, 0.1) is 32.6 Å². The lowest BCUT2D eigenvalue weighted by atomic mass is 9.88. The number of methoxy groups -OCH3 is 3. The smallest absolute Gasteiger partial charge is 0.222 e. The summed E-state index contributed by atoms with van der Waals surface area (Å²) in [4.78, 5) is 19.5. The Hall–Kier alpha value is -2.35. The number of amides is 1. The van der Waals surface area contributed by atoms with Gasteiger partial charge in [-0.05, 0) is 43.5 Å². The first-order valence-corrected chi connectivity index (χ1v) is 10.8. The van der Waals surface area contributed by atoms with Crippen molar-refractivity contribution in [2.75, 3.05) is 41.0 Å². The van der Waals surface area contributed by atoms with Gasteiger partial charge < -0.3 is 19.5 Å². The molecule has 1 fully saturated rings. The van der Waals surface area contributed by atoms with Crippen molar-refractivity contribution in [1.29, 1.82) is 0 Å². The third kappa shape index (κ3) is 6.82. The number of piperidine rings is 1. The summed E-state index contributed by atoms with van der Waals surface area (Å²) in [6.07, 6.45) is 4.23. The average molecular weight is 464 g/mol. The summed E-state index contributed by atoms with van der Waals surface area (Å²) in [5, 5.41) is 3.21. The molecular formula is C24H34ClN3O4. The van der Waals surface area contributed by atoms with Crippen LogP contribution in [-0.4, -0.2) is 56.8 Å². The number of nitrogens with one attached hydrogen (secondary N) is 1. The molecule has 1 amide bonds. The monoisotopic (exact) mass is 463 g/mol. The largest absolute Gasteiger partial charge is 0.493 e. The second-order valence-electron chi connectivity index (χ2n) is 7.83. The zero-order valence-electron chi connectivity index (χ0n) is 19.1. The van der Waals surface area contributed by atoms with Crippen LogP contribution in [0, 0.1) is 5.92 Å². The third-order valence-electron chi connectivity index (χ3n) is 5.75. The van der Waals surface area contributed by atoms with Crippen molar-refractivity contribution in [2.45, 2.75) is 31.8 Å². The number of benzene rings is 1. The van der Waals surface area contributed by atoms with Crippen molar-refractivity contribution in [3.05, 3.63) is 53.9 Å². The van der Waals surface area contributed by atoms with Gasteiger partial charge in [-0.15, -0.1) is 12.4 Å². The molecule has 1 aromatic carbocycles. The molecular weight excluding hydrogens is 430 g/mol. The summed E-state index contributed by atoms with van der Waals surface area (Å²) in [6.45, 7) is 3.05. The molecule has 2 heterocycles. The third-order valence-corrected chi connectivity index (χ3v) is 5.75. The number of rotatable bonds is 10. The van der Waals surface area contributed by atoms with Crippen molar-refractivity contribution in [3.8, 4) is 11.5 Å². The van der Waals surface area contributed by atoms with Crippen molar-refractivity contribution >= 4 is 18.3 Å². The fraction of sp³-hybridized carbons (Fsp3) is 0.500. The number of carbonyl (C=O) groups excluding carboxylic acids is 1. The number of nitrogens with zero attached hydrogens (tertiary/aromatic N) is 2. The van der Waals surface area contributed by atoms with Crippen LogP contribution in [0.4, 0.5) is 0 Å². The Morgan fingerprint density at radius 1 is 1.19 bits per heavy atom. The Morgan fingerprint density at radius 3 is 2.72 bits per heavy atom. The van der Waals surface area contributed by atoms with Crippen LogP contribution in [0.5, 0.6) is 11.5 Å². The number of aromatic nitrogens is 1. The van der Waals surface area contributed by atoms with Crippen LogP contribution < -0.4 is 14.8 Å². The van der Waals surface area contributed by atoms with E-state index in [1.807, 2.05) is 30.3 Å². The Balaban J connectivity index is 0.00000363. The Labute approximate surface area is 196 Å². The van der Waals surface area contributed by atoms with Crippen LogP contribution in [0.1, 0.15) is 36.6 Å². The van der Waals surface area contributed by atoms with E-state index in [2.05, 4.69) is 21.3 Å². The molecule has 176 valence electrons. The number of para-hydroxylation sites is 1. The van der Waals surface area contributed by atoms with Crippen LogP contribution in [0.15, 0.2) is 42.6 Å². The molecule has 1 N–H and O–H groups in total. The molecule has 0 radical (unpaired) electrons. The van der Waals surface area contributed by atoms with E-state index < -0.39 is 0 Å². The van der Waals surface area contributed by atoms with Gasteiger partial charge in [-0.25, -0.2) is 0 Å². The van der Waals surface area contributed by atoms with Gasteiger partial charge in [0.2, 0.25) is 5.91 Å². The molecule has 32 heavy (non-hydrogen) atoms. The maximum atomic E-state index is 12.5. The normalized spacial score (nSPS) is 17.2. The number of hydrogen-bond donors (Lipinski definition) is 1. The molecule has 2 aromatic rings. The van der Waals surface area contributed by atoms with Gasteiger partial charge in [0.1, 0.15) is 0 Å². The quantitative estimate of drug-likeness (QED) is 0.580. The van der Waals surface area contributed by atoms with Gasteiger partial charge in [0, 0.05) is 38.4 Å². The van der Waals surface area contributed by atoms with Gasteiger partial charge in [-0.3, -0.25) is 14.7 Å². The minimum Gasteiger partial charge on any atom is -0.493 e. The molecule has 3 rings (SSSR count). The first-order chi connectivity index (χ1) is 15.2. The molecule has 1 aliphatic rings. The summed E-state index contributed by atoms with van der Waals surface area (Å²) in [7, 11) is 4.94. The predicted molar refractivity (Wildman–Crippen MR) is 126 cm³/mol. The standard InChI is InChI=1S/C24H33N3O4.ClH/c1-29-15-12-22(28)26-23(20-10-4-5-13-25-20)18-9-7-14-27(16-18)17-19-8-6-11-21(30-2)24(19)31-3;/h4-6,8,10-11,13,18,23H,7,9,12,14-17H2,1-3H3,(H,26,28);1H. The second-order valence-corrected chi connectivity index (χ2v) is 7.83. The minimum atomic E-state index is -0.124. The number of ether oxygens (including phenoxy) is 3. The van der Waals surface area contributed by atoms with Crippen LogP contribution in [0.2, 0.25) is 0 Å². The number of hydrogen-bond acceptors (Lipinski definition) is 6. The van der Waals surface area contributed by atoms with Crippen molar-refractivity contribution in [3.63, 3.8) is 0 Å². The number of carbonyl (C=O) groups is 1. The molecule has 1 saturated heterocycles. The summed E-state index contributed by atoms with van der Waals surface area (Å²) in [5.74, 6) is 1.78. The van der Waals surface area contributed by atoms with E-state index in [1.165, 1.54) is 0 Å². The van der Waals surface area contributed by atoms with E-state index in [-0.39, 0.29) is 30.3 Å². The van der Waals surface area contributed by atoms with Gasteiger partial charge in [0.25, 0.3) is 0 Å². The Morgan fingerprint density at radius 2 is 2.03 bits per heavy atom. The number of pyridine rings is 1. The van der Waals surface area contributed by atoms with Crippen LogP contribution >= 0.6 is 12.4 Å². The van der Waals surface area contributed by atoms with Crippen molar-refractivity contribution < 1.29 is 19.0 Å². The van der Waals surface area contributed by atoms with E-state index in [0.29, 0.717) is 13.0 Å². The molecule has 0 saturated carbocycles. The first kappa shape index (κ1) is 25.9. The lowest BCUT2D eigenvalue weighted by Crippen LogP contribution is -2.43. The number of halogens is 1. The van der Waals surface area contributed by atoms with Gasteiger partial charge in [0.15, 0.2) is 11.5 Å². The highest BCUT2D eigenvalue weighted by Crippen LogP contribution is 2.34. The first-order valence-electron chi connectivity index (χ1n) is 10.8. The molecule has 0 aliphatic carbocycles. The highest BCUT2D eigenvalue weighted by atomic mass is 35.5. The summed E-state index contributed by atoms with van der Waals surface area (Å²) in [5.41, 5.74) is 2.00. The van der Waals surface area contributed by atoms with Crippen LogP contribution in [0.3, 0.4) is 0 Å². The molecule has 0 bridgehead atoms. The molecule has 1 aliphatic heterocycles. The lowest BCUT2D eigenvalue weighted by Gasteiger charge is -2.37. The molecule has 1 aromatic heterocycles. The van der Waals surface area contributed by atoms with E-state index >= 15 is 0 Å². The SMILES string of the molecule is COCCC(=O)NC(c1ccccn1)C1CCCN(Cc2cccc(OC)c2OC)C1.Cl.